The summed E-state index contributed by atoms with van der Waals surface area (Å²) in [6, 6.07) is 7.42. The minimum Gasteiger partial charge on any atom is -0.435 e. The first-order valence-electron chi connectivity index (χ1n) is 7.57. The molecule has 0 fully saturated rings. The van der Waals surface area contributed by atoms with Crippen molar-refractivity contribution in [3.63, 3.8) is 0 Å². The van der Waals surface area contributed by atoms with Gasteiger partial charge < -0.3 is 14.6 Å². The highest BCUT2D eigenvalue weighted by Crippen LogP contribution is 2.17. The summed E-state index contributed by atoms with van der Waals surface area (Å²) in [6.07, 6.45) is 1.08. The van der Waals surface area contributed by atoms with Gasteiger partial charge in [-0.3, -0.25) is 9.59 Å². The van der Waals surface area contributed by atoms with E-state index in [4.69, 9.17) is 0 Å². The number of nitrogens with zero attached hydrogens (tertiary/aromatic N) is 2. The Labute approximate surface area is 154 Å². The van der Waals surface area contributed by atoms with E-state index in [1.807, 2.05) is 0 Å². The zero-order valence-corrected chi connectivity index (χ0v) is 15.2. The predicted octanol–water partition coefficient (Wildman–Crippen LogP) is 1.34. The maximum absolute atomic E-state index is 12.1. The average Bonchev–Trinajstić information content (AvgIpc) is 2.57. The van der Waals surface area contributed by atoms with Crippen LogP contribution in [0.4, 0.5) is 14.5 Å². The molecule has 2 rings (SSSR count). The fourth-order valence-corrected chi connectivity index (χ4v) is 2.99. The number of carbonyl (C=O) groups is 1. The molecule has 2 aromatic rings. The van der Waals surface area contributed by atoms with Gasteiger partial charge in [0.25, 0.3) is 5.56 Å². The maximum Gasteiger partial charge on any atom is 0.387 e. The monoisotopic (exact) mass is 401 g/mol. The van der Waals surface area contributed by atoms with Crippen LogP contribution < -0.4 is 15.6 Å². The zero-order chi connectivity index (χ0) is 20.2. The Bertz CT molecular complexity index is 972. The van der Waals surface area contributed by atoms with Crippen molar-refractivity contribution in [3.8, 4) is 5.75 Å². The number of pyridine rings is 1. The van der Waals surface area contributed by atoms with Crippen LogP contribution in [-0.2, 0) is 21.4 Å². The number of hydrogen-bond donors (Lipinski definition) is 1. The molecule has 1 aromatic carbocycles. The number of carbonyl (C=O) groups excluding carboxylic acids is 1. The molecule has 0 atom stereocenters. The van der Waals surface area contributed by atoms with Crippen molar-refractivity contribution >= 4 is 21.6 Å². The SMILES string of the molecule is CN(C)S(=O)(=O)c1ccc(=O)n(CC(=O)Nc2ccc(OC(F)F)cc2)c1. The highest BCUT2D eigenvalue weighted by Gasteiger charge is 2.18. The van der Waals surface area contributed by atoms with Crippen molar-refractivity contribution in [1.29, 1.82) is 0 Å². The van der Waals surface area contributed by atoms with Crippen molar-refractivity contribution in [3.05, 3.63) is 52.9 Å². The molecule has 0 aliphatic heterocycles. The predicted molar refractivity (Wildman–Crippen MR) is 93.3 cm³/mol. The molecule has 8 nitrogen and oxygen atoms in total. The van der Waals surface area contributed by atoms with Gasteiger partial charge in [0.05, 0.1) is 4.90 Å². The van der Waals surface area contributed by atoms with Gasteiger partial charge in [0.1, 0.15) is 12.3 Å². The van der Waals surface area contributed by atoms with Crippen LogP contribution >= 0.6 is 0 Å². The lowest BCUT2D eigenvalue weighted by atomic mass is 10.3. The Kier molecular flexibility index (Phi) is 6.28. The highest BCUT2D eigenvalue weighted by molar-refractivity contribution is 7.89. The second-order valence-corrected chi connectivity index (χ2v) is 7.72. The molecule has 1 heterocycles. The summed E-state index contributed by atoms with van der Waals surface area (Å²) in [4.78, 5) is 23.9. The summed E-state index contributed by atoms with van der Waals surface area (Å²) < 4.78 is 54.6. The summed E-state index contributed by atoms with van der Waals surface area (Å²) in [7, 11) is -1.07. The summed E-state index contributed by atoms with van der Waals surface area (Å²) in [5.41, 5.74) is -0.254. The Hall–Kier alpha value is -2.79. The topological polar surface area (TPSA) is 97.7 Å². The number of benzene rings is 1. The first-order chi connectivity index (χ1) is 12.6. The van der Waals surface area contributed by atoms with Crippen LogP contribution in [0.5, 0.6) is 5.75 Å². The number of sulfonamides is 1. The van der Waals surface area contributed by atoms with Crippen LogP contribution in [0.25, 0.3) is 0 Å². The third kappa shape index (κ3) is 5.34. The number of ether oxygens (including phenoxy) is 1. The van der Waals surface area contributed by atoms with E-state index in [0.717, 1.165) is 27.2 Å². The van der Waals surface area contributed by atoms with Gasteiger partial charge >= 0.3 is 6.61 Å². The Morgan fingerprint density at radius 1 is 1.19 bits per heavy atom. The number of rotatable bonds is 7. The number of halogens is 2. The van der Waals surface area contributed by atoms with Gasteiger partial charge in [-0.2, -0.15) is 8.78 Å². The molecule has 0 bridgehead atoms. The third-order valence-electron chi connectivity index (χ3n) is 3.41. The van der Waals surface area contributed by atoms with Crippen LogP contribution in [0.2, 0.25) is 0 Å². The Balaban J connectivity index is 2.13. The van der Waals surface area contributed by atoms with Gasteiger partial charge in [0.15, 0.2) is 0 Å². The van der Waals surface area contributed by atoms with E-state index in [0.29, 0.717) is 5.69 Å². The normalized spacial score (nSPS) is 11.6. The largest absolute Gasteiger partial charge is 0.435 e. The minimum absolute atomic E-state index is 0.0687. The molecule has 0 saturated heterocycles. The van der Waals surface area contributed by atoms with E-state index >= 15 is 0 Å². The lowest BCUT2D eigenvalue weighted by molar-refractivity contribution is -0.116. The fourth-order valence-electron chi connectivity index (χ4n) is 2.07. The van der Waals surface area contributed by atoms with Crippen LogP contribution in [-0.4, -0.2) is 43.9 Å². The van der Waals surface area contributed by atoms with Crippen molar-refractivity contribution in [2.45, 2.75) is 18.1 Å². The smallest absolute Gasteiger partial charge is 0.387 e. The van der Waals surface area contributed by atoms with E-state index in [2.05, 4.69) is 10.1 Å². The number of anilines is 1. The van der Waals surface area contributed by atoms with E-state index in [9.17, 15) is 26.8 Å². The first kappa shape index (κ1) is 20.5. The fraction of sp³-hybridized carbons (Fsp3) is 0.250. The van der Waals surface area contributed by atoms with Gasteiger partial charge in [-0.05, 0) is 30.3 Å². The van der Waals surface area contributed by atoms with Crippen molar-refractivity contribution in [2.24, 2.45) is 0 Å². The average molecular weight is 401 g/mol. The molecular weight excluding hydrogens is 384 g/mol. The Morgan fingerprint density at radius 2 is 1.81 bits per heavy atom. The van der Waals surface area contributed by atoms with E-state index < -0.39 is 34.6 Å². The molecule has 0 radical (unpaired) electrons. The van der Waals surface area contributed by atoms with Crippen molar-refractivity contribution in [2.75, 3.05) is 19.4 Å². The first-order valence-corrected chi connectivity index (χ1v) is 9.01. The lowest BCUT2D eigenvalue weighted by Crippen LogP contribution is -2.29. The van der Waals surface area contributed by atoms with Gasteiger partial charge in [-0.25, -0.2) is 12.7 Å². The van der Waals surface area contributed by atoms with E-state index in [1.165, 1.54) is 38.4 Å². The quantitative estimate of drug-likeness (QED) is 0.755. The maximum atomic E-state index is 12.1. The molecule has 0 saturated carbocycles. The number of aromatic nitrogens is 1. The Morgan fingerprint density at radius 3 is 2.37 bits per heavy atom. The lowest BCUT2D eigenvalue weighted by Gasteiger charge is -2.13. The van der Waals surface area contributed by atoms with Gasteiger partial charge in [0.2, 0.25) is 15.9 Å². The molecular formula is C16H17F2N3O5S. The molecule has 0 unspecified atom stereocenters. The van der Waals surface area contributed by atoms with Crippen LogP contribution in [0, 0.1) is 0 Å². The molecule has 1 aromatic heterocycles. The summed E-state index contributed by atoms with van der Waals surface area (Å²) >= 11 is 0. The molecule has 0 spiro atoms. The van der Waals surface area contributed by atoms with Gasteiger partial charge in [0, 0.05) is 32.0 Å². The minimum atomic E-state index is -3.76. The van der Waals surface area contributed by atoms with E-state index in [1.54, 1.807) is 0 Å². The molecule has 11 heteroatoms. The number of amides is 1. The summed E-state index contributed by atoms with van der Waals surface area (Å²) in [5.74, 6) is -0.667. The molecule has 0 aliphatic carbocycles. The third-order valence-corrected chi connectivity index (χ3v) is 5.21. The summed E-state index contributed by atoms with van der Waals surface area (Å²) in [6.45, 7) is -3.38. The van der Waals surface area contributed by atoms with Gasteiger partial charge in [-0.1, -0.05) is 0 Å². The second-order valence-electron chi connectivity index (χ2n) is 5.57. The molecule has 146 valence electrons. The highest BCUT2D eigenvalue weighted by atomic mass is 32.2. The van der Waals surface area contributed by atoms with Crippen molar-refractivity contribution in [1.82, 2.24) is 8.87 Å². The molecule has 0 aliphatic rings. The van der Waals surface area contributed by atoms with Crippen LogP contribution in [0.1, 0.15) is 0 Å². The summed E-state index contributed by atoms with van der Waals surface area (Å²) in [5, 5.41) is 2.48. The van der Waals surface area contributed by atoms with Crippen molar-refractivity contribution < 1.29 is 26.7 Å². The molecule has 27 heavy (non-hydrogen) atoms. The number of hydrogen-bond acceptors (Lipinski definition) is 5. The number of nitrogens with one attached hydrogen (secondary N) is 1. The standard InChI is InChI=1S/C16H17F2N3O5S/c1-20(2)27(24,25)13-7-8-15(23)21(9-13)10-14(22)19-11-3-5-12(6-4-11)26-16(17)18/h3-9,16H,10H2,1-2H3,(H,19,22). The molecule has 1 amide bonds. The van der Waals surface area contributed by atoms with Crippen LogP contribution in [0.15, 0.2) is 52.3 Å². The van der Waals surface area contributed by atoms with E-state index in [-0.39, 0.29) is 10.6 Å². The van der Waals surface area contributed by atoms with Crippen LogP contribution in [0.3, 0.4) is 0 Å². The number of alkyl halides is 2. The zero-order valence-electron chi connectivity index (χ0n) is 14.4. The van der Waals surface area contributed by atoms with Gasteiger partial charge in [-0.15, -0.1) is 0 Å². The molecule has 1 N–H and O–H groups in total. The second kappa shape index (κ2) is 8.27.